The second kappa shape index (κ2) is 9.75. The molecule has 0 bridgehead atoms. The number of hydrogen-bond acceptors (Lipinski definition) is 4. The Hall–Kier alpha value is -3.31. The quantitative estimate of drug-likeness (QED) is 0.598. The lowest BCUT2D eigenvalue weighted by atomic mass is 9.98. The van der Waals surface area contributed by atoms with E-state index in [4.69, 9.17) is 9.47 Å². The highest BCUT2D eigenvalue weighted by Gasteiger charge is 2.21. The van der Waals surface area contributed by atoms with Gasteiger partial charge in [0.05, 0.1) is 32.0 Å². The predicted molar refractivity (Wildman–Crippen MR) is 116 cm³/mol. The van der Waals surface area contributed by atoms with Crippen LogP contribution in [0.25, 0.3) is 0 Å². The fourth-order valence-corrected chi connectivity index (χ4v) is 3.14. The number of methoxy groups -OCH3 is 2. The summed E-state index contributed by atoms with van der Waals surface area (Å²) in [5, 5.41) is 6.39. The molecular formula is C24H26N2O3. The summed E-state index contributed by atoms with van der Waals surface area (Å²) in [6.45, 7) is 1.85. The molecule has 0 fully saturated rings. The molecule has 5 nitrogen and oxygen atoms in total. The van der Waals surface area contributed by atoms with E-state index in [9.17, 15) is 4.79 Å². The van der Waals surface area contributed by atoms with Gasteiger partial charge in [-0.15, -0.1) is 0 Å². The van der Waals surface area contributed by atoms with Crippen molar-refractivity contribution in [2.75, 3.05) is 19.5 Å². The van der Waals surface area contributed by atoms with Crippen LogP contribution in [0.2, 0.25) is 0 Å². The highest BCUT2D eigenvalue weighted by atomic mass is 16.5. The van der Waals surface area contributed by atoms with Crippen molar-refractivity contribution in [2.45, 2.75) is 19.0 Å². The molecule has 1 unspecified atom stereocenters. The summed E-state index contributed by atoms with van der Waals surface area (Å²) in [6.07, 6.45) is 0. The summed E-state index contributed by atoms with van der Waals surface area (Å²) < 4.78 is 10.6. The van der Waals surface area contributed by atoms with Gasteiger partial charge in [0.25, 0.3) is 0 Å². The Kier molecular flexibility index (Phi) is 6.87. The van der Waals surface area contributed by atoms with Gasteiger partial charge in [-0.05, 0) is 30.2 Å². The van der Waals surface area contributed by atoms with Crippen LogP contribution in [-0.4, -0.2) is 26.2 Å². The van der Waals surface area contributed by atoms with Gasteiger partial charge in [0, 0.05) is 6.07 Å². The zero-order valence-electron chi connectivity index (χ0n) is 16.9. The molecule has 29 heavy (non-hydrogen) atoms. The van der Waals surface area contributed by atoms with Crippen LogP contribution in [0, 0.1) is 0 Å². The van der Waals surface area contributed by atoms with E-state index < -0.39 is 6.04 Å². The summed E-state index contributed by atoms with van der Waals surface area (Å²) in [6, 6.07) is 25.0. The normalized spacial score (nSPS) is 11.7. The molecule has 3 aromatic rings. The molecule has 0 aliphatic rings. The van der Waals surface area contributed by atoms with Gasteiger partial charge in [0.1, 0.15) is 11.5 Å². The fourth-order valence-electron chi connectivity index (χ4n) is 3.14. The van der Waals surface area contributed by atoms with E-state index in [-0.39, 0.29) is 11.9 Å². The molecule has 0 aromatic heterocycles. The first kappa shape index (κ1) is 20.4. The maximum atomic E-state index is 12.9. The third kappa shape index (κ3) is 5.15. The van der Waals surface area contributed by atoms with E-state index in [1.807, 2.05) is 43.3 Å². The summed E-state index contributed by atoms with van der Waals surface area (Å²) in [5.41, 5.74) is 2.80. The number of ether oxygens (including phenoxy) is 2. The van der Waals surface area contributed by atoms with Crippen LogP contribution in [-0.2, 0) is 4.79 Å². The van der Waals surface area contributed by atoms with Crippen LogP contribution in [0.3, 0.4) is 0 Å². The molecule has 0 aliphatic heterocycles. The maximum absolute atomic E-state index is 12.9. The van der Waals surface area contributed by atoms with E-state index >= 15 is 0 Å². The summed E-state index contributed by atoms with van der Waals surface area (Å²) in [4.78, 5) is 12.9. The molecule has 3 rings (SSSR count). The average molecular weight is 390 g/mol. The van der Waals surface area contributed by atoms with Crippen molar-refractivity contribution in [1.82, 2.24) is 5.32 Å². The van der Waals surface area contributed by atoms with Crippen LogP contribution in [0.4, 0.5) is 5.69 Å². The lowest BCUT2D eigenvalue weighted by Gasteiger charge is -2.24. The molecule has 0 saturated carbocycles. The number of carbonyl (C=O) groups excluding carboxylic acids is 1. The molecule has 0 heterocycles. The zero-order chi connectivity index (χ0) is 20.6. The third-order valence-corrected chi connectivity index (χ3v) is 4.74. The lowest BCUT2D eigenvalue weighted by Crippen LogP contribution is -2.40. The van der Waals surface area contributed by atoms with Crippen molar-refractivity contribution < 1.29 is 14.3 Å². The fraction of sp³-hybridized carbons (Fsp3) is 0.208. The molecule has 1 atom stereocenters. The van der Waals surface area contributed by atoms with Gasteiger partial charge in [-0.2, -0.15) is 0 Å². The smallest absolute Gasteiger partial charge is 0.241 e. The molecule has 0 radical (unpaired) electrons. The first-order chi connectivity index (χ1) is 14.1. The minimum Gasteiger partial charge on any atom is -0.497 e. The van der Waals surface area contributed by atoms with Gasteiger partial charge in [0.15, 0.2) is 0 Å². The first-order valence-electron chi connectivity index (χ1n) is 9.51. The first-order valence-corrected chi connectivity index (χ1v) is 9.51. The zero-order valence-corrected chi connectivity index (χ0v) is 16.9. The molecule has 2 N–H and O–H groups in total. The standard InChI is InChI=1S/C24H26N2O3/c1-17(24(27)26-21-15-14-20(28-2)16-22(21)29-3)25-23(18-10-6-4-7-11-18)19-12-8-5-9-13-19/h4-17,23,25H,1-3H3,(H,26,27). The van der Waals surface area contributed by atoms with Crippen molar-refractivity contribution in [2.24, 2.45) is 0 Å². The van der Waals surface area contributed by atoms with Crippen LogP contribution in [0.5, 0.6) is 11.5 Å². The van der Waals surface area contributed by atoms with Gasteiger partial charge in [-0.1, -0.05) is 60.7 Å². The number of nitrogens with one attached hydrogen (secondary N) is 2. The summed E-state index contributed by atoms with van der Waals surface area (Å²) in [5.74, 6) is 1.07. The molecular weight excluding hydrogens is 364 g/mol. The van der Waals surface area contributed by atoms with Crippen LogP contribution >= 0.6 is 0 Å². The second-order valence-electron chi connectivity index (χ2n) is 6.70. The Morgan fingerprint density at radius 1 is 0.828 bits per heavy atom. The second-order valence-corrected chi connectivity index (χ2v) is 6.70. The maximum Gasteiger partial charge on any atom is 0.241 e. The summed E-state index contributed by atoms with van der Waals surface area (Å²) >= 11 is 0. The average Bonchev–Trinajstić information content (AvgIpc) is 2.78. The Labute approximate surface area is 171 Å². The number of amides is 1. The van der Waals surface area contributed by atoms with Gasteiger partial charge < -0.3 is 14.8 Å². The number of anilines is 1. The van der Waals surface area contributed by atoms with Crippen molar-refractivity contribution in [3.8, 4) is 11.5 Å². The molecule has 150 valence electrons. The van der Waals surface area contributed by atoms with Crippen LogP contribution in [0.15, 0.2) is 78.9 Å². The minimum atomic E-state index is -0.438. The monoisotopic (exact) mass is 390 g/mol. The van der Waals surface area contributed by atoms with Crippen molar-refractivity contribution in [3.05, 3.63) is 90.0 Å². The molecule has 0 spiro atoms. The van der Waals surface area contributed by atoms with E-state index in [0.29, 0.717) is 17.2 Å². The number of carbonyl (C=O) groups is 1. The molecule has 5 heteroatoms. The van der Waals surface area contributed by atoms with E-state index in [2.05, 4.69) is 34.9 Å². The number of rotatable bonds is 8. The molecule has 0 aliphatic carbocycles. The van der Waals surface area contributed by atoms with Crippen molar-refractivity contribution in [3.63, 3.8) is 0 Å². The van der Waals surface area contributed by atoms with E-state index in [1.54, 1.807) is 32.4 Å². The van der Waals surface area contributed by atoms with Gasteiger partial charge in [0.2, 0.25) is 5.91 Å². The van der Waals surface area contributed by atoms with Crippen LogP contribution in [0.1, 0.15) is 24.1 Å². The van der Waals surface area contributed by atoms with Gasteiger partial charge >= 0.3 is 0 Å². The minimum absolute atomic E-state index is 0.101. The Balaban J connectivity index is 1.78. The molecule has 3 aromatic carbocycles. The van der Waals surface area contributed by atoms with Gasteiger partial charge in [-0.3, -0.25) is 10.1 Å². The van der Waals surface area contributed by atoms with E-state index in [0.717, 1.165) is 11.1 Å². The van der Waals surface area contributed by atoms with Crippen molar-refractivity contribution in [1.29, 1.82) is 0 Å². The summed E-state index contributed by atoms with van der Waals surface area (Å²) in [7, 11) is 3.15. The van der Waals surface area contributed by atoms with Gasteiger partial charge in [-0.25, -0.2) is 0 Å². The number of benzene rings is 3. The highest BCUT2D eigenvalue weighted by Crippen LogP contribution is 2.29. The Bertz CT molecular complexity index is 890. The number of hydrogen-bond donors (Lipinski definition) is 2. The topological polar surface area (TPSA) is 59.6 Å². The van der Waals surface area contributed by atoms with Crippen molar-refractivity contribution >= 4 is 11.6 Å². The largest absolute Gasteiger partial charge is 0.497 e. The highest BCUT2D eigenvalue weighted by molar-refractivity contribution is 5.96. The Morgan fingerprint density at radius 2 is 1.41 bits per heavy atom. The predicted octanol–water partition coefficient (Wildman–Crippen LogP) is 4.41. The third-order valence-electron chi connectivity index (χ3n) is 4.74. The molecule has 1 amide bonds. The van der Waals surface area contributed by atoms with E-state index in [1.165, 1.54) is 0 Å². The Morgan fingerprint density at radius 3 is 1.93 bits per heavy atom. The van der Waals surface area contributed by atoms with Crippen LogP contribution < -0.4 is 20.1 Å². The SMILES string of the molecule is COc1ccc(NC(=O)C(C)NC(c2ccccc2)c2ccccc2)c(OC)c1. The lowest BCUT2D eigenvalue weighted by molar-refractivity contribution is -0.117. The molecule has 0 saturated heterocycles.